The van der Waals surface area contributed by atoms with Crippen LogP contribution in [0.2, 0.25) is 0 Å². The third-order valence-electron chi connectivity index (χ3n) is 3.22. The first-order chi connectivity index (χ1) is 8.40. The molecule has 0 heterocycles. The Hall–Kier alpha value is -0.580. The highest BCUT2D eigenvalue weighted by atomic mass is 35.5. The molecule has 0 bridgehead atoms. The number of alkyl halides is 1. The van der Waals surface area contributed by atoms with Gasteiger partial charge in [-0.1, -0.05) is 17.7 Å². The Morgan fingerprint density at radius 3 is 2.61 bits per heavy atom. The van der Waals surface area contributed by atoms with Crippen molar-refractivity contribution in [2.75, 3.05) is 6.54 Å². The van der Waals surface area contributed by atoms with Gasteiger partial charge in [-0.2, -0.15) is 0 Å². The molecule has 2 rings (SSSR count). The lowest BCUT2D eigenvalue weighted by atomic mass is 10.2. The Bertz CT molecular complexity index is 538. The van der Waals surface area contributed by atoms with Gasteiger partial charge in [0.1, 0.15) is 0 Å². The van der Waals surface area contributed by atoms with E-state index in [1.165, 1.54) is 0 Å². The van der Waals surface area contributed by atoms with Crippen LogP contribution in [0.4, 0.5) is 0 Å². The SMILES string of the molecule is Cc1ccc(S(=O)(=O)NCC(Cl)C2CC2)c(C)c1. The van der Waals surface area contributed by atoms with Crippen LogP contribution in [0.1, 0.15) is 24.0 Å². The van der Waals surface area contributed by atoms with Crippen molar-refractivity contribution < 1.29 is 8.42 Å². The Morgan fingerprint density at radius 1 is 1.39 bits per heavy atom. The van der Waals surface area contributed by atoms with Crippen molar-refractivity contribution in [3.05, 3.63) is 29.3 Å². The molecule has 5 heteroatoms. The Balaban J connectivity index is 2.09. The predicted octanol–water partition coefficient (Wildman–Crippen LogP) is 2.60. The smallest absolute Gasteiger partial charge is 0.210 e. The molecule has 1 unspecified atom stereocenters. The molecular weight excluding hydrogens is 270 g/mol. The van der Waals surface area contributed by atoms with Gasteiger partial charge < -0.3 is 0 Å². The first-order valence-electron chi connectivity index (χ1n) is 6.11. The number of hydrogen-bond acceptors (Lipinski definition) is 2. The summed E-state index contributed by atoms with van der Waals surface area (Å²) in [5, 5.41) is -0.0921. The second-order valence-electron chi connectivity index (χ2n) is 4.97. The number of hydrogen-bond donors (Lipinski definition) is 1. The Kier molecular flexibility index (Phi) is 3.99. The van der Waals surface area contributed by atoms with Crippen molar-refractivity contribution in [1.29, 1.82) is 0 Å². The van der Waals surface area contributed by atoms with Crippen LogP contribution in [0.15, 0.2) is 23.1 Å². The number of rotatable bonds is 5. The van der Waals surface area contributed by atoms with Gasteiger partial charge in [0, 0.05) is 11.9 Å². The summed E-state index contributed by atoms with van der Waals surface area (Å²) in [6.45, 7) is 4.06. The Labute approximate surface area is 114 Å². The van der Waals surface area contributed by atoms with Gasteiger partial charge in [-0.25, -0.2) is 13.1 Å². The molecule has 1 saturated carbocycles. The maximum absolute atomic E-state index is 12.1. The van der Waals surface area contributed by atoms with E-state index in [0.29, 0.717) is 17.4 Å². The molecule has 0 saturated heterocycles. The molecule has 0 aliphatic heterocycles. The van der Waals surface area contributed by atoms with E-state index in [2.05, 4.69) is 4.72 Å². The molecule has 0 amide bonds. The molecule has 18 heavy (non-hydrogen) atoms. The van der Waals surface area contributed by atoms with E-state index < -0.39 is 10.0 Å². The lowest BCUT2D eigenvalue weighted by molar-refractivity contribution is 0.575. The largest absolute Gasteiger partial charge is 0.240 e. The third-order valence-corrected chi connectivity index (χ3v) is 5.32. The van der Waals surface area contributed by atoms with Gasteiger partial charge in [0.25, 0.3) is 0 Å². The maximum Gasteiger partial charge on any atom is 0.240 e. The van der Waals surface area contributed by atoms with Crippen molar-refractivity contribution >= 4 is 21.6 Å². The number of nitrogens with one attached hydrogen (secondary N) is 1. The minimum Gasteiger partial charge on any atom is -0.210 e. The van der Waals surface area contributed by atoms with Crippen molar-refractivity contribution in [2.24, 2.45) is 5.92 Å². The standard InChI is InChI=1S/C13H18ClNO2S/c1-9-3-6-13(10(2)7-9)18(16,17)15-8-12(14)11-4-5-11/h3,6-7,11-12,15H,4-5,8H2,1-2H3. The van der Waals surface area contributed by atoms with Crippen molar-refractivity contribution in [3.63, 3.8) is 0 Å². The van der Waals surface area contributed by atoms with Crippen LogP contribution in [0.25, 0.3) is 0 Å². The molecule has 0 spiro atoms. The van der Waals surface area contributed by atoms with Gasteiger partial charge in [-0.15, -0.1) is 11.6 Å². The second-order valence-corrected chi connectivity index (χ2v) is 7.27. The molecular formula is C13H18ClNO2S. The Morgan fingerprint density at radius 2 is 2.06 bits per heavy atom. The van der Waals surface area contributed by atoms with Crippen molar-refractivity contribution in [3.8, 4) is 0 Å². The summed E-state index contributed by atoms with van der Waals surface area (Å²) in [6, 6.07) is 5.32. The summed E-state index contributed by atoms with van der Waals surface area (Å²) in [7, 11) is -3.44. The lowest BCUT2D eigenvalue weighted by Gasteiger charge is -2.12. The summed E-state index contributed by atoms with van der Waals surface area (Å²) in [5.41, 5.74) is 1.82. The number of aryl methyl sites for hydroxylation is 2. The fourth-order valence-corrected chi connectivity index (χ4v) is 3.70. The molecule has 1 fully saturated rings. The van der Waals surface area contributed by atoms with E-state index >= 15 is 0 Å². The number of halogens is 1. The zero-order valence-electron chi connectivity index (χ0n) is 10.6. The zero-order chi connectivity index (χ0) is 13.3. The fraction of sp³-hybridized carbons (Fsp3) is 0.538. The van der Waals surface area contributed by atoms with Crippen LogP contribution in [-0.4, -0.2) is 20.3 Å². The first-order valence-corrected chi connectivity index (χ1v) is 8.03. The van der Waals surface area contributed by atoms with Crippen molar-refractivity contribution in [2.45, 2.75) is 37.0 Å². The van der Waals surface area contributed by atoms with E-state index in [-0.39, 0.29) is 5.38 Å². The van der Waals surface area contributed by atoms with Gasteiger partial charge >= 0.3 is 0 Å². The summed E-state index contributed by atoms with van der Waals surface area (Å²) >= 11 is 6.11. The molecule has 1 atom stereocenters. The molecule has 1 N–H and O–H groups in total. The highest BCUT2D eigenvalue weighted by Gasteiger charge is 2.30. The first kappa shape index (κ1) is 13.8. The second kappa shape index (κ2) is 5.19. The average molecular weight is 288 g/mol. The topological polar surface area (TPSA) is 46.2 Å². The van der Waals surface area contributed by atoms with E-state index in [1.807, 2.05) is 13.0 Å². The molecule has 0 aromatic heterocycles. The van der Waals surface area contributed by atoms with Gasteiger partial charge in [0.15, 0.2) is 0 Å². The summed E-state index contributed by atoms with van der Waals surface area (Å²) in [5.74, 6) is 0.480. The number of sulfonamides is 1. The normalized spacial score (nSPS) is 17.7. The minimum absolute atomic E-state index is 0.0921. The van der Waals surface area contributed by atoms with Gasteiger partial charge in [-0.05, 0) is 44.2 Å². The maximum atomic E-state index is 12.1. The van der Waals surface area contributed by atoms with Crippen LogP contribution in [-0.2, 0) is 10.0 Å². The predicted molar refractivity (Wildman–Crippen MR) is 73.5 cm³/mol. The lowest BCUT2D eigenvalue weighted by Crippen LogP contribution is -2.31. The fourth-order valence-electron chi connectivity index (χ4n) is 1.99. The summed E-state index contributed by atoms with van der Waals surface area (Å²) in [6.07, 6.45) is 2.22. The van der Waals surface area contributed by atoms with E-state index in [1.54, 1.807) is 19.1 Å². The molecule has 0 radical (unpaired) electrons. The zero-order valence-corrected chi connectivity index (χ0v) is 12.2. The quantitative estimate of drug-likeness (QED) is 0.846. The minimum atomic E-state index is -3.44. The van der Waals surface area contributed by atoms with Crippen LogP contribution in [0.3, 0.4) is 0 Å². The summed E-state index contributed by atoms with van der Waals surface area (Å²) in [4.78, 5) is 0.341. The van der Waals surface area contributed by atoms with Gasteiger partial charge in [-0.3, -0.25) is 0 Å². The van der Waals surface area contributed by atoms with Gasteiger partial charge in [0.05, 0.1) is 4.90 Å². The molecule has 1 aromatic rings. The highest BCUT2D eigenvalue weighted by Crippen LogP contribution is 2.35. The average Bonchev–Trinajstić information content (AvgIpc) is 3.09. The third kappa shape index (κ3) is 3.25. The molecule has 1 aromatic carbocycles. The van der Waals surface area contributed by atoms with E-state index in [0.717, 1.165) is 24.0 Å². The van der Waals surface area contributed by atoms with Crippen LogP contribution in [0.5, 0.6) is 0 Å². The monoisotopic (exact) mass is 287 g/mol. The van der Waals surface area contributed by atoms with Crippen LogP contribution < -0.4 is 4.72 Å². The number of benzene rings is 1. The summed E-state index contributed by atoms with van der Waals surface area (Å²) < 4.78 is 26.9. The molecule has 1 aliphatic carbocycles. The molecule has 1 aliphatic rings. The van der Waals surface area contributed by atoms with Crippen LogP contribution >= 0.6 is 11.6 Å². The van der Waals surface area contributed by atoms with Gasteiger partial charge in [0.2, 0.25) is 10.0 Å². The van der Waals surface area contributed by atoms with Crippen LogP contribution in [0, 0.1) is 19.8 Å². The highest BCUT2D eigenvalue weighted by molar-refractivity contribution is 7.89. The molecule has 100 valence electrons. The van der Waals surface area contributed by atoms with E-state index in [4.69, 9.17) is 11.6 Å². The van der Waals surface area contributed by atoms with E-state index in [9.17, 15) is 8.42 Å². The van der Waals surface area contributed by atoms with Crippen molar-refractivity contribution in [1.82, 2.24) is 4.72 Å². The molecule has 3 nitrogen and oxygen atoms in total.